The van der Waals surface area contributed by atoms with E-state index in [1.54, 1.807) is 23.0 Å². The van der Waals surface area contributed by atoms with Gasteiger partial charge in [-0.15, -0.1) is 0 Å². The molecule has 2 heterocycles. The molecule has 2 aromatic rings. The van der Waals surface area contributed by atoms with Gasteiger partial charge in [-0.2, -0.15) is 9.88 Å². The highest BCUT2D eigenvalue weighted by atomic mass is 31.2. The molecule has 0 bridgehead atoms. The second kappa shape index (κ2) is 8.58. The van der Waals surface area contributed by atoms with Crippen LogP contribution in [-0.2, 0) is 4.57 Å². The zero-order valence-corrected chi connectivity index (χ0v) is 20.5. The van der Waals surface area contributed by atoms with E-state index in [1.165, 1.54) is 12.5 Å². The minimum atomic E-state index is -3.59. The summed E-state index contributed by atoms with van der Waals surface area (Å²) in [7, 11) is -3.59. The Hall–Kier alpha value is -3.12. The molecule has 1 aliphatic carbocycles. The van der Waals surface area contributed by atoms with Crippen LogP contribution in [0.1, 0.15) is 46.0 Å². The summed E-state index contributed by atoms with van der Waals surface area (Å²) < 4.78 is 16.7. The van der Waals surface area contributed by atoms with Crippen LogP contribution in [0.2, 0.25) is 0 Å². The van der Waals surface area contributed by atoms with Crippen LogP contribution in [0.3, 0.4) is 0 Å². The average molecular weight is 480 g/mol. The average Bonchev–Trinajstić information content (AvgIpc) is 3.10. The van der Waals surface area contributed by atoms with E-state index in [2.05, 4.69) is 23.8 Å². The lowest BCUT2D eigenvalue weighted by Gasteiger charge is -2.40. The summed E-state index contributed by atoms with van der Waals surface area (Å²) >= 11 is 0. The molecule has 2 aliphatic heterocycles. The number of nitrogens with one attached hydrogen (secondary N) is 1. The van der Waals surface area contributed by atoms with E-state index in [0.29, 0.717) is 12.1 Å². The third kappa shape index (κ3) is 4.00. The first-order valence-corrected chi connectivity index (χ1v) is 13.5. The van der Waals surface area contributed by atoms with E-state index in [0.717, 1.165) is 49.1 Å². The number of para-hydroxylation sites is 3. The molecule has 2 aromatic carbocycles. The highest BCUT2D eigenvalue weighted by Crippen LogP contribution is 2.67. The van der Waals surface area contributed by atoms with E-state index in [4.69, 9.17) is 5.10 Å². The predicted octanol–water partition coefficient (Wildman–Crippen LogP) is 6.59. The lowest BCUT2D eigenvalue weighted by atomic mass is 9.78. The quantitative estimate of drug-likeness (QED) is 0.295. The van der Waals surface area contributed by atoms with Crippen molar-refractivity contribution >= 4 is 30.2 Å². The molecule has 1 atom stereocenters. The highest BCUT2D eigenvalue weighted by molar-refractivity contribution is 7.73. The number of hydrogen-bond acceptors (Lipinski definition) is 5. The van der Waals surface area contributed by atoms with Crippen molar-refractivity contribution in [1.82, 2.24) is 4.90 Å². The fourth-order valence-electron chi connectivity index (χ4n) is 5.21. The number of likely N-dealkylation sites (tertiary alicyclic amines) is 1. The number of hydrazone groups is 1. The molecule has 0 aromatic heterocycles. The third-order valence-electron chi connectivity index (χ3n) is 6.72. The minimum absolute atomic E-state index is 0.0224. The number of fused-ring (bicyclic) bond motifs is 1. The standard InChI is InChI=1S/C25H30N5O3P/c1-25(2)17-21-24(23(18-25)28-15-9-4-10-16-28)34(33,29(26-21)19-11-5-3-6-12-19)27-20-13-7-8-14-22(20)30(31)32/h3,5-8,11-14H,4,9-10,15-18H2,1-2H3,(H,27,33)/t34-/m1/s1. The van der Waals surface area contributed by atoms with Crippen LogP contribution in [0.4, 0.5) is 17.1 Å². The first-order chi connectivity index (χ1) is 16.3. The SMILES string of the molecule is CC1(C)CC2=NN(c3ccccc3)[P@](=O)(Nc3ccccc3[N+](=O)[O-])C2=C(N2CCCCC2)C1. The van der Waals surface area contributed by atoms with E-state index in [-0.39, 0.29) is 16.8 Å². The topological polar surface area (TPSA) is 91.1 Å². The second-order valence-corrected chi connectivity index (χ2v) is 12.2. The number of nitrogens with zero attached hydrogens (tertiary/aromatic N) is 4. The summed E-state index contributed by atoms with van der Waals surface area (Å²) in [5, 5.41) is 20.5. The maximum Gasteiger partial charge on any atom is 0.313 e. The van der Waals surface area contributed by atoms with E-state index < -0.39 is 12.4 Å². The van der Waals surface area contributed by atoms with Crippen molar-refractivity contribution in [3.8, 4) is 0 Å². The molecule has 1 saturated heterocycles. The predicted molar refractivity (Wildman–Crippen MR) is 136 cm³/mol. The van der Waals surface area contributed by atoms with Gasteiger partial charge in [0, 0.05) is 24.9 Å². The van der Waals surface area contributed by atoms with Crippen LogP contribution < -0.4 is 9.87 Å². The summed E-state index contributed by atoms with van der Waals surface area (Å²) in [5.41, 5.74) is 2.70. The number of anilines is 2. The molecular weight excluding hydrogens is 449 g/mol. The number of piperidine rings is 1. The number of benzene rings is 2. The second-order valence-electron chi connectivity index (χ2n) is 9.99. The monoisotopic (exact) mass is 479 g/mol. The van der Waals surface area contributed by atoms with Crippen molar-refractivity contribution in [3.05, 3.63) is 75.7 Å². The molecular formula is C25H30N5O3P. The van der Waals surface area contributed by atoms with E-state index >= 15 is 4.57 Å². The Kier molecular flexibility index (Phi) is 5.72. The summed E-state index contributed by atoms with van der Waals surface area (Å²) in [6, 6.07) is 15.8. The smallest absolute Gasteiger partial charge is 0.313 e. The molecule has 9 heteroatoms. The molecule has 1 fully saturated rings. The number of nitro benzene ring substituents is 1. The number of rotatable bonds is 5. The van der Waals surface area contributed by atoms with Crippen LogP contribution in [0.5, 0.6) is 0 Å². The first kappa shape index (κ1) is 22.7. The Morgan fingerprint density at radius 3 is 2.38 bits per heavy atom. The van der Waals surface area contributed by atoms with Crippen LogP contribution in [0.15, 0.2) is 70.7 Å². The molecule has 0 radical (unpaired) electrons. The van der Waals surface area contributed by atoms with Crippen molar-refractivity contribution in [1.29, 1.82) is 0 Å². The fraction of sp³-hybridized carbons (Fsp3) is 0.400. The van der Waals surface area contributed by atoms with E-state index in [1.807, 2.05) is 30.3 Å². The van der Waals surface area contributed by atoms with Crippen LogP contribution in [0.25, 0.3) is 0 Å². The van der Waals surface area contributed by atoms with Crippen LogP contribution >= 0.6 is 7.44 Å². The van der Waals surface area contributed by atoms with Crippen molar-refractivity contribution in [2.45, 2.75) is 46.0 Å². The van der Waals surface area contributed by atoms with Gasteiger partial charge < -0.3 is 9.99 Å². The number of allylic oxidation sites excluding steroid dienone is 2. The lowest BCUT2D eigenvalue weighted by Crippen LogP contribution is -2.36. The summed E-state index contributed by atoms with van der Waals surface area (Å²) in [4.78, 5) is 13.7. The molecule has 3 aliphatic rings. The molecule has 1 N–H and O–H groups in total. The molecule has 0 spiro atoms. The Labute approximate surface area is 200 Å². The van der Waals surface area contributed by atoms with Gasteiger partial charge in [0.25, 0.3) is 5.69 Å². The van der Waals surface area contributed by atoms with Gasteiger partial charge in [0.2, 0.25) is 0 Å². The summed E-state index contributed by atoms with van der Waals surface area (Å²) in [6.07, 6.45) is 4.91. The van der Waals surface area contributed by atoms with Gasteiger partial charge in [0.1, 0.15) is 5.69 Å². The van der Waals surface area contributed by atoms with Gasteiger partial charge in [-0.25, -0.2) is 0 Å². The third-order valence-corrected chi connectivity index (χ3v) is 9.24. The Balaban J connectivity index is 1.71. The van der Waals surface area contributed by atoms with Crippen LogP contribution in [0, 0.1) is 15.5 Å². The van der Waals surface area contributed by atoms with Crippen molar-refractivity contribution < 1.29 is 9.49 Å². The van der Waals surface area contributed by atoms with Crippen molar-refractivity contribution in [2.75, 3.05) is 23.0 Å². The van der Waals surface area contributed by atoms with Gasteiger partial charge in [-0.1, -0.05) is 44.2 Å². The number of hydrogen-bond donors (Lipinski definition) is 1. The first-order valence-electron chi connectivity index (χ1n) is 11.8. The highest BCUT2D eigenvalue weighted by Gasteiger charge is 2.51. The molecule has 5 rings (SSSR count). The Bertz CT molecular complexity index is 1220. The largest absolute Gasteiger partial charge is 0.374 e. The Morgan fingerprint density at radius 1 is 1.00 bits per heavy atom. The molecule has 34 heavy (non-hydrogen) atoms. The molecule has 0 unspecified atom stereocenters. The van der Waals surface area contributed by atoms with Gasteiger partial charge in [-0.3, -0.25) is 14.7 Å². The molecule has 8 nitrogen and oxygen atoms in total. The van der Waals surface area contributed by atoms with Gasteiger partial charge in [0.05, 0.1) is 21.6 Å². The molecule has 0 amide bonds. The van der Waals surface area contributed by atoms with Crippen molar-refractivity contribution in [3.63, 3.8) is 0 Å². The Morgan fingerprint density at radius 2 is 1.68 bits per heavy atom. The normalized spacial score (nSPS) is 24.0. The van der Waals surface area contributed by atoms with Crippen LogP contribution in [-0.4, -0.2) is 28.6 Å². The maximum absolute atomic E-state index is 15.1. The number of nitro groups is 1. The zero-order valence-electron chi connectivity index (χ0n) is 19.6. The van der Waals surface area contributed by atoms with Gasteiger partial charge in [0.15, 0.2) is 0 Å². The molecule has 178 valence electrons. The van der Waals surface area contributed by atoms with Gasteiger partial charge >= 0.3 is 7.44 Å². The summed E-state index contributed by atoms with van der Waals surface area (Å²) in [6.45, 7) is 6.31. The van der Waals surface area contributed by atoms with E-state index in [9.17, 15) is 10.1 Å². The fourth-order valence-corrected chi connectivity index (χ4v) is 7.86. The minimum Gasteiger partial charge on any atom is -0.374 e. The lowest BCUT2D eigenvalue weighted by molar-refractivity contribution is -0.383. The van der Waals surface area contributed by atoms with Gasteiger partial charge in [-0.05, 0) is 55.7 Å². The molecule has 0 saturated carbocycles. The summed E-state index contributed by atoms with van der Waals surface area (Å²) in [5.74, 6) is 0. The maximum atomic E-state index is 15.1. The van der Waals surface area contributed by atoms with Crippen molar-refractivity contribution in [2.24, 2.45) is 10.5 Å². The zero-order chi connectivity index (χ0) is 23.9.